The SMILES string of the molecule is C=CCN(Cc1cc(Br)ccc1F)C(=O)c1ccnc(Cl)c1. The smallest absolute Gasteiger partial charge is 0.254 e. The average Bonchev–Trinajstić information content (AvgIpc) is 2.49. The molecule has 0 aliphatic carbocycles. The van der Waals surface area contributed by atoms with Gasteiger partial charge in [-0.1, -0.05) is 33.6 Å². The highest BCUT2D eigenvalue weighted by molar-refractivity contribution is 9.10. The van der Waals surface area contributed by atoms with Crippen LogP contribution in [0.1, 0.15) is 15.9 Å². The van der Waals surface area contributed by atoms with E-state index in [4.69, 9.17) is 11.6 Å². The molecule has 0 bridgehead atoms. The molecule has 0 aliphatic heterocycles. The molecule has 0 N–H and O–H groups in total. The summed E-state index contributed by atoms with van der Waals surface area (Å²) in [5, 5.41) is 0.234. The van der Waals surface area contributed by atoms with Crippen LogP contribution in [0.5, 0.6) is 0 Å². The molecule has 1 aromatic heterocycles. The third-order valence-corrected chi connectivity index (χ3v) is 3.68. The minimum Gasteiger partial charge on any atom is -0.330 e. The van der Waals surface area contributed by atoms with Gasteiger partial charge in [0.25, 0.3) is 5.91 Å². The molecule has 1 amide bonds. The average molecular weight is 384 g/mol. The highest BCUT2D eigenvalue weighted by atomic mass is 79.9. The Bertz CT molecular complexity index is 708. The van der Waals surface area contributed by atoms with Gasteiger partial charge < -0.3 is 4.90 Å². The van der Waals surface area contributed by atoms with E-state index in [-0.39, 0.29) is 23.4 Å². The first-order valence-electron chi connectivity index (χ1n) is 6.47. The molecule has 22 heavy (non-hydrogen) atoms. The van der Waals surface area contributed by atoms with Crippen molar-refractivity contribution >= 4 is 33.4 Å². The molecule has 1 heterocycles. The van der Waals surface area contributed by atoms with Crippen molar-refractivity contribution < 1.29 is 9.18 Å². The zero-order valence-electron chi connectivity index (χ0n) is 11.6. The van der Waals surface area contributed by atoms with Gasteiger partial charge in [0.15, 0.2) is 0 Å². The van der Waals surface area contributed by atoms with Gasteiger partial charge in [-0.15, -0.1) is 6.58 Å². The predicted molar refractivity (Wildman–Crippen MR) is 88.3 cm³/mol. The quantitative estimate of drug-likeness (QED) is 0.564. The molecular formula is C16H13BrClFN2O. The number of rotatable bonds is 5. The molecule has 2 rings (SSSR count). The van der Waals surface area contributed by atoms with Gasteiger partial charge in [0, 0.05) is 34.9 Å². The maximum absolute atomic E-state index is 13.9. The van der Waals surface area contributed by atoms with E-state index in [0.717, 1.165) is 4.47 Å². The van der Waals surface area contributed by atoms with Gasteiger partial charge in [-0.3, -0.25) is 4.79 Å². The minimum atomic E-state index is -0.363. The van der Waals surface area contributed by atoms with Crippen molar-refractivity contribution in [2.24, 2.45) is 0 Å². The second-order valence-corrected chi connectivity index (χ2v) is 5.88. The molecule has 0 spiro atoms. The van der Waals surface area contributed by atoms with Crippen LogP contribution >= 0.6 is 27.5 Å². The van der Waals surface area contributed by atoms with Crippen molar-refractivity contribution in [1.82, 2.24) is 9.88 Å². The van der Waals surface area contributed by atoms with Crippen LogP contribution < -0.4 is 0 Å². The standard InChI is InChI=1S/C16H13BrClFN2O/c1-2-7-21(10-12-8-13(17)3-4-14(12)19)16(22)11-5-6-20-15(18)9-11/h2-6,8-9H,1,7,10H2. The van der Waals surface area contributed by atoms with E-state index in [2.05, 4.69) is 27.5 Å². The van der Waals surface area contributed by atoms with E-state index >= 15 is 0 Å². The molecule has 2 aromatic rings. The predicted octanol–water partition coefficient (Wildman–Crippen LogP) is 4.47. The Morgan fingerprint density at radius 1 is 1.41 bits per heavy atom. The van der Waals surface area contributed by atoms with Crippen LogP contribution in [0.3, 0.4) is 0 Å². The van der Waals surface area contributed by atoms with Gasteiger partial charge in [-0.25, -0.2) is 9.37 Å². The van der Waals surface area contributed by atoms with Crippen molar-refractivity contribution in [2.75, 3.05) is 6.54 Å². The summed E-state index contributed by atoms with van der Waals surface area (Å²) in [4.78, 5) is 17.9. The Morgan fingerprint density at radius 3 is 2.86 bits per heavy atom. The van der Waals surface area contributed by atoms with Crippen molar-refractivity contribution in [3.63, 3.8) is 0 Å². The number of hydrogen-bond donors (Lipinski definition) is 0. The summed E-state index contributed by atoms with van der Waals surface area (Å²) in [6.45, 7) is 4.07. The Labute approximate surface area is 141 Å². The number of amides is 1. The van der Waals surface area contributed by atoms with Crippen LogP contribution in [-0.2, 0) is 6.54 Å². The first-order chi connectivity index (χ1) is 10.5. The van der Waals surface area contributed by atoms with Gasteiger partial charge in [0.1, 0.15) is 11.0 Å². The second-order valence-electron chi connectivity index (χ2n) is 4.58. The zero-order valence-corrected chi connectivity index (χ0v) is 13.9. The van der Waals surface area contributed by atoms with E-state index in [1.807, 2.05) is 0 Å². The largest absolute Gasteiger partial charge is 0.330 e. The van der Waals surface area contributed by atoms with Crippen LogP contribution in [0, 0.1) is 5.82 Å². The van der Waals surface area contributed by atoms with E-state index in [9.17, 15) is 9.18 Å². The lowest BCUT2D eigenvalue weighted by molar-refractivity contribution is 0.0761. The number of halogens is 3. The maximum Gasteiger partial charge on any atom is 0.254 e. The fourth-order valence-corrected chi connectivity index (χ4v) is 2.55. The zero-order chi connectivity index (χ0) is 16.1. The normalized spacial score (nSPS) is 10.3. The van der Waals surface area contributed by atoms with E-state index < -0.39 is 0 Å². The maximum atomic E-state index is 13.9. The first-order valence-corrected chi connectivity index (χ1v) is 7.64. The molecule has 1 aromatic carbocycles. The molecule has 0 atom stereocenters. The molecule has 114 valence electrons. The number of nitrogens with zero attached hydrogens (tertiary/aromatic N) is 2. The molecule has 0 saturated carbocycles. The Kier molecular flexibility index (Phi) is 5.69. The Morgan fingerprint density at radius 2 is 2.18 bits per heavy atom. The van der Waals surface area contributed by atoms with Gasteiger partial charge >= 0.3 is 0 Å². The summed E-state index contributed by atoms with van der Waals surface area (Å²) in [6, 6.07) is 7.68. The van der Waals surface area contributed by atoms with Crippen LogP contribution in [0.4, 0.5) is 4.39 Å². The third kappa shape index (κ3) is 4.15. The number of carbonyl (C=O) groups is 1. The fraction of sp³-hybridized carbons (Fsp3) is 0.125. The number of carbonyl (C=O) groups excluding carboxylic acids is 1. The Balaban J connectivity index is 2.28. The van der Waals surface area contributed by atoms with Crippen LogP contribution in [0.2, 0.25) is 5.15 Å². The number of benzene rings is 1. The summed E-state index contributed by atoms with van der Waals surface area (Å²) in [5.41, 5.74) is 0.821. The topological polar surface area (TPSA) is 33.2 Å². The molecule has 0 saturated heterocycles. The molecular weight excluding hydrogens is 371 g/mol. The Hall–Kier alpha value is -1.72. The van der Waals surface area contributed by atoms with Crippen LogP contribution in [0.15, 0.2) is 53.7 Å². The highest BCUT2D eigenvalue weighted by Crippen LogP contribution is 2.19. The van der Waals surface area contributed by atoms with Crippen molar-refractivity contribution in [2.45, 2.75) is 6.54 Å². The molecule has 0 fully saturated rings. The number of aromatic nitrogens is 1. The van der Waals surface area contributed by atoms with Gasteiger partial charge in [-0.2, -0.15) is 0 Å². The van der Waals surface area contributed by atoms with E-state index in [1.165, 1.54) is 23.2 Å². The minimum absolute atomic E-state index is 0.135. The van der Waals surface area contributed by atoms with Crippen molar-refractivity contribution in [3.05, 3.63) is 75.8 Å². The van der Waals surface area contributed by atoms with E-state index in [0.29, 0.717) is 17.7 Å². The number of hydrogen-bond acceptors (Lipinski definition) is 2. The first kappa shape index (κ1) is 16.6. The van der Waals surface area contributed by atoms with Gasteiger partial charge in [-0.05, 0) is 30.3 Å². The van der Waals surface area contributed by atoms with Crippen molar-refractivity contribution in [1.29, 1.82) is 0 Å². The monoisotopic (exact) mass is 382 g/mol. The highest BCUT2D eigenvalue weighted by Gasteiger charge is 2.17. The summed E-state index contributed by atoms with van der Waals surface area (Å²) in [6.07, 6.45) is 3.05. The lowest BCUT2D eigenvalue weighted by atomic mass is 10.1. The molecule has 0 radical (unpaired) electrons. The summed E-state index contributed by atoms with van der Waals surface area (Å²) < 4.78 is 14.6. The lowest BCUT2D eigenvalue weighted by Gasteiger charge is -2.22. The summed E-state index contributed by atoms with van der Waals surface area (Å²) in [7, 11) is 0. The number of pyridine rings is 1. The summed E-state index contributed by atoms with van der Waals surface area (Å²) in [5.74, 6) is -0.624. The molecule has 0 aliphatic rings. The van der Waals surface area contributed by atoms with Crippen LogP contribution in [0.25, 0.3) is 0 Å². The second kappa shape index (κ2) is 7.51. The lowest BCUT2D eigenvalue weighted by Crippen LogP contribution is -2.31. The molecule has 6 heteroatoms. The van der Waals surface area contributed by atoms with Crippen LogP contribution in [-0.4, -0.2) is 22.3 Å². The fourth-order valence-electron chi connectivity index (χ4n) is 1.96. The van der Waals surface area contributed by atoms with Gasteiger partial charge in [0.05, 0.1) is 0 Å². The molecule has 3 nitrogen and oxygen atoms in total. The summed E-state index contributed by atoms with van der Waals surface area (Å²) >= 11 is 9.11. The third-order valence-electron chi connectivity index (χ3n) is 2.98. The van der Waals surface area contributed by atoms with Crippen molar-refractivity contribution in [3.8, 4) is 0 Å². The van der Waals surface area contributed by atoms with Gasteiger partial charge in [0.2, 0.25) is 0 Å². The van der Waals surface area contributed by atoms with E-state index in [1.54, 1.807) is 24.3 Å². The molecule has 0 unspecified atom stereocenters.